The summed E-state index contributed by atoms with van der Waals surface area (Å²) in [5, 5.41) is 12.7. The van der Waals surface area contributed by atoms with Crippen LogP contribution in [0.4, 0.5) is 11.6 Å². The van der Waals surface area contributed by atoms with Crippen molar-refractivity contribution in [3.05, 3.63) is 179 Å². The first kappa shape index (κ1) is 31.4. The van der Waals surface area contributed by atoms with Gasteiger partial charge in [0.2, 0.25) is 0 Å². The maximum absolute atomic E-state index is 8.26. The molecule has 0 amide bonds. The minimum absolute atomic E-state index is 0.604. The van der Waals surface area contributed by atoms with Gasteiger partial charge in [0.1, 0.15) is 0 Å². The number of amidine groups is 4. The Morgan fingerprint density at radius 1 is 0.328 bits per heavy atom. The van der Waals surface area contributed by atoms with Gasteiger partial charge in [-0.05, 0) is 0 Å². The van der Waals surface area contributed by atoms with Gasteiger partial charge in [-0.25, -0.2) is 0 Å². The minimum atomic E-state index is -3.98. The molecular weight excluding hydrogens is 839 g/mol. The fraction of sp³-hybridized carbons (Fsp3) is 0. The van der Waals surface area contributed by atoms with E-state index in [1.165, 1.54) is 0 Å². The number of rotatable bonds is 0. The van der Waals surface area contributed by atoms with Gasteiger partial charge >= 0.3 is 343 Å². The fourth-order valence-electron chi connectivity index (χ4n) is 9.32. The van der Waals surface area contributed by atoms with E-state index in [1.807, 2.05) is 0 Å². The number of halogens is 1. The van der Waals surface area contributed by atoms with E-state index in [1.54, 1.807) is 0 Å². The second kappa shape index (κ2) is 11.2. The molecule has 0 N–H and O–H groups in total. The van der Waals surface area contributed by atoms with Crippen molar-refractivity contribution < 1.29 is 0 Å². The van der Waals surface area contributed by atoms with Gasteiger partial charge in [0.05, 0.1) is 0 Å². The first-order chi connectivity index (χ1) is 28.6. The van der Waals surface area contributed by atoms with Crippen LogP contribution >= 0.6 is 8.58 Å². The van der Waals surface area contributed by atoms with Crippen LogP contribution in [0.1, 0.15) is 22.3 Å². The van der Waals surface area contributed by atoms with Gasteiger partial charge in [-0.1, -0.05) is 0 Å². The summed E-state index contributed by atoms with van der Waals surface area (Å²) >= 11 is -3.98. The molecule has 8 aromatic carbocycles. The summed E-state index contributed by atoms with van der Waals surface area (Å²) < 4.78 is 4.48. The molecule has 8 nitrogen and oxygen atoms in total. The Hall–Kier alpha value is -6.68. The van der Waals surface area contributed by atoms with Crippen LogP contribution < -0.4 is 11.0 Å². The molecule has 4 aliphatic heterocycles. The van der Waals surface area contributed by atoms with E-state index in [0.29, 0.717) is 23.3 Å². The number of benzene rings is 8. The van der Waals surface area contributed by atoms with E-state index in [9.17, 15) is 0 Å². The number of aliphatic imine (C=N–C) groups is 4. The van der Waals surface area contributed by atoms with Gasteiger partial charge < -0.3 is 0 Å². The van der Waals surface area contributed by atoms with Gasteiger partial charge in [-0.2, -0.15) is 0 Å². The zero-order chi connectivity index (χ0) is 37.8. The Balaban J connectivity index is 1.24. The van der Waals surface area contributed by atoms with Crippen LogP contribution in [0, 0.1) is 0 Å². The SMILES string of the molecule is [Cl][In]1[n]2c3c4cc5ccccc5cc4c2N=C2N=C(N=c4c5cc6ccccc6cc5c([n]41)=NC1=NC(=N3)c3cc4ccccc4cc31)c1cc3ccccc3cc12. The van der Waals surface area contributed by atoms with E-state index in [0.717, 1.165) is 109 Å². The molecule has 10 aromatic rings. The van der Waals surface area contributed by atoms with Crippen LogP contribution in [0.3, 0.4) is 0 Å². The van der Waals surface area contributed by atoms with Crippen LogP contribution in [0.2, 0.25) is 0 Å². The van der Waals surface area contributed by atoms with E-state index >= 15 is 0 Å². The van der Waals surface area contributed by atoms with Crippen molar-refractivity contribution in [3.8, 4) is 0 Å². The molecule has 14 rings (SSSR count). The van der Waals surface area contributed by atoms with Crippen molar-refractivity contribution in [2.24, 2.45) is 30.0 Å². The molecule has 0 saturated heterocycles. The maximum atomic E-state index is 8.26. The zero-order valence-electron chi connectivity index (χ0n) is 30.4. The Kier molecular flexibility index (Phi) is 6.09. The quantitative estimate of drug-likeness (QED) is 0.146. The van der Waals surface area contributed by atoms with Crippen LogP contribution in [-0.2, 0) is 0 Å². The molecule has 0 radical (unpaired) electrons. The molecule has 6 bridgehead atoms. The standard InChI is InChI=1S/C48H24N8.ClH.In/c1-2-10-26-18-34-33(17-25(26)9-1)41-49-42(34)54-44-37-21-29-13-5-6-14-30(29)22-38(37)46(51-44)56-48-40-24-32-16-8-7-15-31(32)23-39(40)47(52-48)55-45-36-20-28-12-4-3-11-27(28)19-35(36)43(50-45)53-41;;/h1-24H;1H;/q-2;;+3/p-1. The van der Waals surface area contributed by atoms with Gasteiger partial charge in [0, 0.05) is 0 Å². The summed E-state index contributed by atoms with van der Waals surface area (Å²) in [6.45, 7) is 0. The summed E-state index contributed by atoms with van der Waals surface area (Å²) in [5.41, 5.74) is 5.20. The van der Waals surface area contributed by atoms with Crippen LogP contribution in [-0.4, -0.2) is 49.3 Å². The van der Waals surface area contributed by atoms with Crippen LogP contribution in [0.5, 0.6) is 0 Å². The summed E-state index contributed by atoms with van der Waals surface area (Å²) in [6, 6.07) is 51.3. The van der Waals surface area contributed by atoms with E-state index in [-0.39, 0.29) is 0 Å². The summed E-state index contributed by atoms with van der Waals surface area (Å²) in [5.74, 6) is 3.89. The third kappa shape index (κ3) is 4.21. The second-order valence-corrected chi connectivity index (χ2v) is 22.6. The number of hydrogen-bond donors (Lipinski definition) is 0. The summed E-state index contributed by atoms with van der Waals surface area (Å²) in [6.07, 6.45) is 0. The molecule has 4 aliphatic rings. The number of hydrogen-bond acceptors (Lipinski definition) is 6. The average molecular weight is 863 g/mol. The third-order valence-electron chi connectivity index (χ3n) is 12.1. The molecule has 0 atom stereocenters. The Morgan fingerprint density at radius 2 is 0.621 bits per heavy atom. The van der Waals surface area contributed by atoms with Gasteiger partial charge in [-0.3, -0.25) is 0 Å². The third-order valence-corrected chi connectivity index (χ3v) is 19.9. The molecule has 0 saturated carbocycles. The van der Waals surface area contributed by atoms with Gasteiger partial charge in [-0.15, -0.1) is 0 Å². The summed E-state index contributed by atoms with van der Waals surface area (Å²) in [7, 11) is 8.26. The Bertz CT molecular complexity index is 3640. The number of nitrogens with zero attached hydrogens (tertiary/aromatic N) is 8. The molecule has 0 unspecified atom stereocenters. The van der Waals surface area contributed by atoms with E-state index < -0.39 is 20.8 Å². The topological polar surface area (TPSA) is 84.0 Å². The number of aromatic nitrogens is 2. The van der Waals surface area contributed by atoms with Crippen LogP contribution in [0.15, 0.2) is 176 Å². The molecule has 0 aliphatic carbocycles. The van der Waals surface area contributed by atoms with Crippen molar-refractivity contribution in [2.75, 3.05) is 0 Å². The van der Waals surface area contributed by atoms with Gasteiger partial charge in [0.25, 0.3) is 0 Å². The van der Waals surface area contributed by atoms with Crippen molar-refractivity contribution in [1.29, 1.82) is 0 Å². The molecule has 58 heavy (non-hydrogen) atoms. The predicted octanol–water partition coefficient (Wildman–Crippen LogP) is 9.77. The number of fused-ring (bicyclic) bond motifs is 18. The van der Waals surface area contributed by atoms with Gasteiger partial charge in [0.15, 0.2) is 0 Å². The molecule has 266 valence electrons. The van der Waals surface area contributed by atoms with Crippen molar-refractivity contribution in [2.45, 2.75) is 0 Å². The molecule has 2 aromatic heterocycles. The Morgan fingerprint density at radius 3 is 0.966 bits per heavy atom. The molecule has 10 heteroatoms. The predicted molar refractivity (Wildman–Crippen MR) is 237 cm³/mol. The monoisotopic (exact) mass is 862 g/mol. The van der Waals surface area contributed by atoms with Crippen molar-refractivity contribution in [1.82, 2.24) is 5.11 Å². The van der Waals surface area contributed by atoms with Crippen molar-refractivity contribution in [3.63, 3.8) is 0 Å². The first-order valence-electron chi connectivity index (χ1n) is 19.2. The fourth-order valence-corrected chi connectivity index (χ4v) is 17.0. The summed E-state index contributed by atoms with van der Waals surface area (Å²) in [4.78, 5) is 32.7. The normalized spacial score (nSPS) is 14.9. The second-order valence-electron chi connectivity index (χ2n) is 15.3. The van der Waals surface area contributed by atoms with E-state index in [2.05, 4.69) is 151 Å². The zero-order valence-corrected chi connectivity index (χ0v) is 34.4. The molecule has 6 heterocycles. The molecule has 0 fully saturated rings. The van der Waals surface area contributed by atoms with Crippen molar-refractivity contribution >= 4 is 129 Å². The average Bonchev–Trinajstić information content (AvgIpc) is 3.95. The molecule has 0 spiro atoms. The first-order valence-corrected chi connectivity index (χ1v) is 26.4. The van der Waals surface area contributed by atoms with E-state index in [4.69, 9.17) is 38.5 Å². The Labute approximate surface area is 340 Å². The van der Waals surface area contributed by atoms with Crippen LogP contribution in [0.25, 0.3) is 64.6 Å². The molecular formula is C48H24ClInN8.